The summed E-state index contributed by atoms with van der Waals surface area (Å²) < 4.78 is 6.48. The van der Waals surface area contributed by atoms with Gasteiger partial charge in [-0.2, -0.15) is 5.26 Å². The smallest absolute Gasteiger partial charge is 0.220 e. The summed E-state index contributed by atoms with van der Waals surface area (Å²) >= 11 is 0. The van der Waals surface area contributed by atoms with Crippen molar-refractivity contribution in [1.82, 2.24) is 0 Å². The lowest BCUT2D eigenvalue weighted by molar-refractivity contribution is 0.418. The summed E-state index contributed by atoms with van der Waals surface area (Å²) in [6.45, 7) is 8.11. The second-order valence-electron chi connectivity index (χ2n) is 10.2. The van der Waals surface area contributed by atoms with Crippen molar-refractivity contribution in [2.75, 3.05) is 0 Å². The lowest BCUT2D eigenvalue weighted by Gasteiger charge is -2.15. The highest BCUT2D eigenvalue weighted by molar-refractivity contribution is 5.87. The van der Waals surface area contributed by atoms with Crippen LogP contribution in [0.3, 0.4) is 0 Å². The van der Waals surface area contributed by atoms with E-state index in [-0.39, 0.29) is 0 Å². The van der Waals surface area contributed by atoms with Crippen LogP contribution in [0, 0.1) is 11.3 Å². The molecule has 206 valence electrons. The molecule has 1 aromatic carbocycles. The van der Waals surface area contributed by atoms with Gasteiger partial charge in [0, 0.05) is 42.0 Å². The van der Waals surface area contributed by atoms with Crippen LogP contribution < -0.4 is 4.74 Å². The molecule has 0 unspecified atom stereocenters. The summed E-state index contributed by atoms with van der Waals surface area (Å²) in [4.78, 5) is 9.61. The van der Waals surface area contributed by atoms with E-state index >= 15 is 0 Å². The van der Waals surface area contributed by atoms with Crippen molar-refractivity contribution in [3.05, 3.63) is 137 Å². The summed E-state index contributed by atoms with van der Waals surface area (Å²) in [6.07, 6.45) is 31.0. The number of hydrogen-bond acceptors (Lipinski definition) is 4. The van der Waals surface area contributed by atoms with Crippen LogP contribution in [0.2, 0.25) is 0 Å². The Bertz CT molecular complexity index is 1550. The van der Waals surface area contributed by atoms with Crippen LogP contribution in [0.15, 0.2) is 136 Å². The monoisotopic (exact) mass is 539 g/mol. The molecule has 0 bridgehead atoms. The third kappa shape index (κ3) is 9.17. The zero-order chi connectivity index (χ0) is 28.9. The Morgan fingerprint density at radius 2 is 2.02 bits per heavy atom. The van der Waals surface area contributed by atoms with Gasteiger partial charge in [-0.1, -0.05) is 66.3 Å². The molecule has 4 nitrogen and oxygen atoms in total. The first kappa shape index (κ1) is 29.3. The summed E-state index contributed by atoms with van der Waals surface area (Å²) in [5.41, 5.74) is 11.1. The maximum atomic E-state index is 9.65. The zero-order valence-electron chi connectivity index (χ0n) is 24.1. The fourth-order valence-corrected chi connectivity index (χ4v) is 4.65. The maximum absolute atomic E-state index is 9.65. The third-order valence-corrected chi connectivity index (χ3v) is 6.84. The van der Waals surface area contributed by atoms with Gasteiger partial charge in [-0.3, -0.25) is 4.99 Å². The number of ether oxygens (including phenoxy) is 1. The highest BCUT2D eigenvalue weighted by atomic mass is 16.5. The lowest BCUT2D eigenvalue weighted by Crippen LogP contribution is -2.03. The Hall–Kier alpha value is -4.71. The van der Waals surface area contributed by atoms with Crippen molar-refractivity contribution in [3.8, 4) is 11.8 Å². The Labute approximate surface area is 244 Å². The molecule has 2 aliphatic heterocycles. The summed E-state index contributed by atoms with van der Waals surface area (Å²) in [6, 6.07) is 7.68. The molecular weight excluding hydrogens is 502 g/mol. The second kappa shape index (κ2) is 15.2. The summed E-state index contributed by atoms with van der Waals surface area (Å²) in [5.74, 6) is 1.02. The molecule has 1 aliphatic carbocycles. The van der Waals surface area contributed by atoms with Crippen LogP contribution in [0.1, 0.15) is 69.9 Å². The third-order valence-electron chi connectivity index (χ3n) is 6.84. The molecule has 0 spiro atoms. The van der Waals surface area contributed by atoms with Gasteiger partial charge in [-0.05, 0) is 81.9 Å². The van der Waals surface area contributed by atoms with E-state index in [0.29, 0.717) is 23.6 Å². The lowest BCUT2D eigenvalue weighted by atomic mass is 9.96. The van der Waals surface area contributed by atoms with Gasteiger partial charge in [0.25, 0.3) is 0 Å². The zero-order valence-corrected chi connectivity index (χ0v) is 24.1. The Kier molecular flexibility index (Phi) is 10.8. The van der Waals surface area contributed by atoms with Gasteiger partial charge in [0.05, 0.1) is 17.3 Å². The van der Waals surface area contributed by atoms with E-state index in [4.69, 9.17) is 14.7 Å². The van der Waals surface area contributed by atoms with Crippen LogP contribution in [0.4, 0.5) is 0 Å². The van der Waals surface area contributed by atoms with Crippen molar-refractivity contribution in [2.24, 2.45) is 9.98 Å². The molecular formula is C37H37N3O. The minimum atomic E-state index is 0.475. The topological polar surface area (TPSA) is 57.7 Å². The van der Waals surface area contributed by atoms with E-state index in [2.05, 4.69) is 54.8 Å². The molecule has 0 saturated heterocycles. The van der Waals surface area contributed by atoms with Crippen LogP contribution >= 0.6 is 0 Å². The molecule has 2 heterocycles. The van der Waals surface area contributed by atoms with Crippen molar-refractivity contribution >= 4 is 17.6 Å². The molecule has 1 aromatic rings. The quantitative estimate of drug-likeness (QED) is 0.244. The largest absolute Gasteiger partial charge is 0.438 e. The summed E-state index contributed by atoms with van der Waals surface area (Å²) in [5, 5.41) is 9.65. The fourth-order valence-electron chi connectivity index (χ4n) is 4.65. The Balaban J connectivity index is 1.65. The van der Waals surface area contributed by atoms with Crippen LogP contribution in [0.25, 0.3) is 5.70 Å². The molecule has 0 atom stereocenters. The van der Waals surface area contributed by atoms with Crippen LogP contribution in [-0.4, -0.2) is 11.9 Å². The molecule has 0 N–H and O–H groups in total. The van der Waals surface area contributed by atoms with Gasteiger partial charge in [-0.15, -0.1) is 5.73 Å². The molecule has 0 fully saturated rings. The predicted molar refractivity (Wildman–Crippen MR) is 172 cm³/mol. The van der Waals surface area contributed by atoms with Crippen LogP contribution in [0.5, 0.6) is 5.75 Å². The molecule has 4 heteroatoms. The minimum absolute atomic E-state index is 0.475. The van der Waals surface area contributed by atoms with Gasteiger partial charge in [0.15, 0.2) is 0 Å². The molecule has 4 rings (SSSR count). The van der Waals surface area contributed by atoms with Crippen molar-refractivity contribution < 1.29 is 4.74 Å². The minimum Gasteiger partial charge on any atom is -0.438 e. The highest BCUT2D eigenvalue weighted by Crippen LogP contribution is 2.32. The number of allylic oxidation sites excluding steroid dienone is 14. The second-order valence-corrected chi connectivity index (χ2v) is 10.2. The van der Waals surface area contributed by atoms with Gasteiger partial charge in [0.2, 0.25) is 5.88 Å². The summed E-state index contributed by atoms with van der Waals surface area (Å²) in [7, 11) is 0. The SMILES string of the molecule is C=C1/C=C\C=C(\CC2=C=CC/C(C)=N\C(Oc3cc(C#N)ccc3C3=C\C=C\C=C(CC/C=C/C)/C=N\3)=C/2)CCC1. The number of hydrogen-bond donors (Lipinski definition) is 0. The standard InChI is InChI=1S/C37H37N3O/c1-4-5-6-15-31-16-7-8-20-35(39-27-31)34-22-21-33(26-38)24-36(34)41-37-25-32(19-11-14-29(3)40-37)23-30-17-9-12-28(2)13-10-18-30/h4-5,7-9,11-12,16-17,20-22,24-25,27H,2,6,10,13-15,18,23H2,1,3H3/b5-4+,8-7+,12-9-,16-7?,20-8?,30-17+,31-16-,31-27?,35-20+,37-25+,39-27-,39-35?,40-29-. The van der Waals surface area contributed by atoms with E-state index in [0.717, 1.165) is 66.6 Å². The predicted octanol–water partition coefficient (Wildman–Crippen LogP) is 9.60. The van der Waals surface area contributed by atoms with Crippen molar-refractivity contribution in [3.63, 3.8) is 0 Å². The number of nitriles is 1. The van der Waals surface area contributed by atoms with Crippen molar-refractivity contribution in [1.29, 1.82) is 5.26 Å². The number of rotatable bonds is 8. The van der Waals surface area contributed by atoms with Crippen molar-refractivity contribution in [2.45, 2.75) is 58.8 Å². The Morgan fingerprint density at radius 1 is 1.15 bits per heavy atom. The first-order valence-corrected chi connectivity index (χ1v) is 14.2. The average molecular weight is 540 g/mol. The number of aliphatic imine (C=N–C) groups is 2. The van der Waals surface area contributed by atoms with E-state index in [1.807, 2.05) is 56.5 Å². The van der Waals surface area contributed by atoms with E-state index < -0.39 is 0 Å². The van der Waals surface area contributed by atoms with Gasteiger partial charge < -0.3 is 4.74 Å². The fraction of sp³-hybridized carbons (Fsp3) is 0.243. The van der Waals surface area contributed by atoms with Crippen LogP contribution in [-0.2, 0) is 0 Å². The molecule has 0 radical (unpaired) electrons. The van der Waals surface area contributed by atoms with E-state index in [1.165, 1.54) is 11.1 Å². The van der Waals surface area contributed by atoms with E-state index in [9.17, 15) is 5.26 Å². The molecule has 0 amide bonds. The molecule has 0 saturated carbocycles. The van der Waals surface area contributed by atoms with E-state index in [1.54, 1.807) is 12.1 Å². The average Bonchev–Trinajstić information content (AvgIpc) is 2.92. The Morgan fingerprint density at radius 3 is 2.88 bits per heavy atom. The molecule has 41 heavy (non-hydrogen) atoms. The number of nitrogens with zero attached hydrogens (tertiary/aromatic N) is 3. The van der Waals surface area contributed by atoms with Gasteiger partial charge in [0.1, 0.15) is 5.75 Å². The van der Waals surface area contributed by atoms with Gasteiger partial charge in [-0.25, -0.2) is 4.99 Å². The maximum Gasteiger partial charge on any atom is 0.220 e. The molecule has 3 aliphatic rings. The highest BCUT2D eigenvalue weighted by Gasteiger charge is 2.14. The normalized spacial score (nSPS) is 26.1. The first-order chi connectivity index (χ1) is 20.0. The molecule has 0 aromatic heterocycles. The van der Waals surface area contributed by atoms with Gasteiger partial charge >= 0.3 is 0 Å². The first-order valence-electron chi connectivity index (χ1n) is 14.2. The number of benzene rings is 1.